The van der Waals surface area contributed by atoms with Crippen LogP contribution in [-0.2, 0) is 10.8 Å². The van der Waals surface area contributed by atoms with Gasteiger partial charge < -0.3 is 4.40 Å². The highest BCUT2D eigenvalue weighted by Gasteiger charge is 2.45. The van der Waals surface area contributed by atoms with Crippen molar-refractivity contribution in [3.63, 3.8) is 0 Å². The molecule has 0 spiro atoms. The summed E-state index contributed by atoms with van der Waals surface area (Å²) in [4.78, 5) is 12.9. The van der Waals surface area contributed by atoms with Gasteiger partial charge in [-0.2, -0.15) is 0 Å². The Balaban J connectivity index is 2.24. The van der Waals surface area contributed by atoms with Crippen molar-refractivity contribution in [2.24, 2.45) is 0 Å². The van der Waals surface area contributed by atoms with Gasteiger partial charge in [-0.25, -0.2) is 0 Å². The van der Waals surface area contributed by atoms with Crippen LogP contribution in [0.15, 0.2) is 41.3 Å². The van der Waals surface area contributed by atoms with Crippen molar-refractivity contribution in [3.8, 4) is 0 Å². The second-order valence-electron chi connectivity index (χ2n) is 8.34. The third-order valence-corrected chi connectivity index (χ3v) is 5.34. The summed E-state index contributed by atoms with van der Waals surface area (Å²) in [5.41, 5.74) is 4.56. The van der Waals surface area contributed by atoms with Crippen LogP contribution in [0.3, 0.4) is 0 Å². The molecule has 0 saturated carbocycles. The second kappa shape index (κ2) is 4.25. The van der Waals surface area contributed by atoms with Gasteiger partial charge in [-0.15, -0.1) is 0 Å². The van der Waals surface area contributed by atoms with Crippen molar-refractivity contribution in [1.29, 1.82) is 0 Å². The van der Waals surface area contributed by atoms with Crippen LogP contribution in [0.2, 0.25) is 0 Å². The Morgan fingerprint density at radius 1 is 1.00 bits per heavy atom. The summed E-state index contributed by atoms with van der Waals surface area (Å²) in [5, 5.41) is 2.35. The number of aromatic nitrogens is 1. The molecule has 4 rings (SSSR count). The fourth-order valence-corrected chi connectivity index (χ4v) is 4.79. The standard InChI is InChI=1S/C21H23NO/c1-13-6-7-15-14(10-13)8-9-22-16(15)11-17(23)18-19(22)21(4,5)12-20(18,2)3/h6-11H,12H2,1-5H3. The van der Waals surface area contributed by atoms with E-state index in [2.05, 4.69) is 69.5 Å². The maximum absolute atomic E-state index is 12.9. The fraction of sp³-hybridized carbons (Fsp3) is 0.381. The molecule has 1 aliphatic carbocycles. The molecule has 0 N–H and O–H groups in total. The molecule has 0 aliphatic heterocycles. The topological polar surface area (TPSA) is 21.5 Å². The summed E-state index contributed by atoms with van der Waals surface area (Å²) in [7, 11) is 0. The molecule has 2 nitrogen and oxygen atoms in total. The number of fused-ring (bicyclic) bond motifs is 5. The Kier molecular flexibility index (Phi) is 2.68. The van der Waals surface area contributed by atoms with Crippen molar-refractivity contribution >= 4 is 16.3 Å². The average molecular weight is 305 g/mol. The van der Waals surface area contributed by atoms with Gasteiger partial charge in [0.05, 0.1) is 5.52 Å². The highest BCUT2D eigenvalue weighted by Crippen LogP contribution is 2.48. The van der Waals surface area contributed by atoms with Crippen molar-refractivity contribution in [2.75, 3.05) is 0 Å². The van der Waals surface area contributed by atoms with Crippen LogP contribution in [0.1, 0.15) is 50.9 Å². The fourth-order valence-electron chi connectivity index (χ4n) is 4.79. The molecule has 0 amide bonds. The molecule has 23 heavy (non-hydrogen) atoms. The number of hydrogen-bond donors (Lipinski definition) is 0. The van der Waals surface area contributed by atoms with Crippen molar-refractivity contribution in [3.05, 3.63) is 63.6 Å². The van der Waals surface area contributed by atoms with Crippen LogP contribution < -0.4 is 5.43 Å². The molecule has 0 atom stereocenters. The summed E-state index contributed by atoms with van der Waals surface area (Å²) < 4.78 is 2.25. The van der Waals surface area contributed by atoms with E-state index in [0.717, 1.165) is 22.9 Å². The van der Waals surface area contributed by atoms with Crippen molar-refractivity contribution in [2.45, 2.75) is 51.9 Å². The minimum atomic E-state index is -0.0701. The van der Waals surface area contributed by atoms with E-state index >= 15 is 0 Å². The maximum Gasteiger partial charge on any atom is 0.186 e. The lowest BCUT2D eigenvalue weighted by atomic mass is 9.82. The third kappa shape index (κ3) is 1.90. The van der Waals surface area contributed by atoms with E-state index < -0.39 is 0 Å². The van der Waals surface area contributed by atoms with E-state index in [1.807, 2.05) is 6.07 Å². The molecule has 0 bridgehead atoms. The predicted octanol–water partition coefficient (Wildman–Crippen LogP) is 4.72. The minimum absolute atomic E-state index is 0.000539. The zero-order valence-corrected chi connectivity index (χ0v) is 14.5. The molecule has 3 aromatic rings. The number of nitrogens with zero attached hydrogens (tertiary/aromatic N) is 1. The first kappa shape index (κ1) is 14.5. The van der Waals surface area contributed by atoms with Gasteiger partial charge in [0, 0.05) is 34.3 Å². The Hall–Kier alpha value is -2.09. The molecule has 2 heterocycles. The van der Waals surface area contributed by atoms with Gasteiger partial charge in [0.2, 0.25) is 0 Å². The zero-order valence-electron chi connectivity index (χ0n) is 14.5. The first-order valence-corrected chi connectivity index (χ1v) is 8.30. The molecule has 2 heteroatoms. The van der Waals surface area contributed by atoms with Crippen LogP contribution in [0, 0.1) is 6.92 Å². The highest BCUT2D eigenvalue weighted by molar-refractivity contribution is 5.96. The predicted molar refractivity (Wildman–Crippen MR) is 96.6 cm³/mol. The summed E-state index contributed by atoms with van der Waals surface area (Å²) in [6, 6.07) is 10.4. The van der Waals surface area contributed by atoms with E-state index in [9.17, 15) is 4.79 Å². The number of hydrogen-bond acceptors (Lipinski definition) is 1. The summed E-state index contributed by atoms with van der Waals surface area (Å²) in [6.45, 7) is 11.0. The first-order valence-electron chi connectivity index (χ1n) is 8.30. The molecule has 1 aromatic carbocycles. The minimum Gasteiger partial charge on any atom is -0.319 e. The number of rotatable bonds is 0. The molecular formula is C21H23NO. The van der Waals surface area contributed by atoms with Crippen LogP contribution in [0.5, 0.6) is 0 Å². The van der Waals surface area contributed by atoms with E-state index in [1.165, 1.54) is 16.6 Å². The number of pyridine rings is 2. The van der Waals surface area contributed by atoms with Crippen molar-refractivity contribution in [1.82, 2.24) is 4.40 Å². The molecule has 0 fully saturated rings. The molecule has 0 saturated heterocycles. The van der Waals surface area contributed by atoms with Gasteiger partial charge in [-0.05, 0) is 30.2 Å². The van der Waals surface area contributed by atoms with Crippen LogP contribution in [0.25, 0.3) is 16.3 Å². The normalized spacial score (nSPS) is 18.5. The first-order chi connectivity index (χ1) is 10.7. The second-order valence-corrected chi connectivity index (χ2v) is 8.34. The van der Waals surface area contributed by atoms with E-state index in [1.54, 1.807) is 0 Å². The molecular weight excluding hydrogens is 282 g/mol. The zero-order chi connectivity index (χ0) is 16.6. The molecule has 2 aromatic heterocycles. The summed E-state index contributed by atoms with van der Waals surface area (Å²) in [6.07, 6.45) is 3.14. The quantitative estimate of drug-likeness (QED) is 0.551. The molecule has 118 valence electrons. The number of aryl methyl sites for hydroxylation is 1. The van der Waals surface area contributed by atoms with E-state index in [0.29, 0.717) is 0 Å². The lowest BCUT2D eigenvalue weighted by molar-refractivity contribution is 0.397. The van der Waals surface area contributed by atoms with Gasteiger partial charge in [-0.1, -0.05) is 51.5 Å². The maximum atomic E-state index is 12.9. The number of benzene rings is 1. The Labute approximate surface area is 136 Å². The van der Waals surface area contributed by atoms with Crippen molar-refractivity contribution < 1.29 is 0 Å². The molecule has 0 unspecified atom stereocenters. The lowest BCUT2D eigenvalue weighted by Gasteiger charge is -2.23. The highest BCUT2D eigenvalue weighted by atomic mass is 16.1. The smallest absolute Gasteiger partial charge is 0.186 e. The Bertz CT molecular complexity index is 1020. The molecule has 1 aliphatic rings. The van der Waals surface area contributed by atoms with E-state index in [4.69, 9.17) is 0 Å². The SMILES string of the molecule is Cc1ccc2c(ccn3c4c(c(=O)cc23)C(C)(C)CC4(C)C)c1. The van der Waals surface area contributed by atoms with Gasteiger partial charge in [0.25, 0.3) is 0 Å². The van der Waals surface area contributed by atoms with Crippen LogP contribution in [0.4, 0.5) is 0 Å². The third-order valence-electron chi connectivity index (χ3n) is 5.34. The Morgan fingerprint density at radius 3 is 2.48 bits per heavy atom. The van der Waals surface area contributed by atoms with Crippen LogP contribution in [-0.4, -0.2) is 4.40 Å². The molecule has 0 radical (unpaired) electrons. The summed E-state index contributed by atoms with van der Waals surface area (Å²) in [5.74, 6) is 0. The lowest BCUT2D eigenvalue weighted by Crippen LogP contribution is -2.23. The van der Waals surface area contributed by atoms with Gasteiger partial charge in [-0.3, -0.25) is 4.79 Å². The van der Waals surface area contributed by atoms with Gasteiger partial charge >= 0.3 is 0 Å². The Morgan fingerprint density at radius 2 is 1.74 bits per heavy atom. The summed E-state index contributed by atoms with van der Waals surface area (Å²) >= 11 is 0. The van der Waals surface area contributed by atoms with Gasteiger partial charge in [0.15, 0.2) is 5.43 Å². The van der Waals surface area contributed by atoms with E-state index in [-0.39, 0.29) is 16.3 Å². The largest absolute Gasteiger partial charge is 0.319 e. The van der Waals surface area contributed by atoms with Crippen LogP contribution >= 0.6 is 0 Å². The van der Waals surface area contributed by atoms with Gasteiger partial charge in [0.1, 0.15) is 0 Å². The average Bonchev–Trinajstić information content (AvgIpc) is 2.64. The monoisotopic (exact) mass is 305 g/mol.